The molecule has 39 heavy (non-hydrogen) atoms. The van der Waals surface area contributed by atoms with Gasteiger partial charge in [-0.05, 0) is 49.5 Å². The van der Waals surface area contributed by atoms with Crippen LogP contribution < -0.4 is 27.1 Å². The van der Waals surface area contributed by atoms with E-state index in [1.807, 2.05) is 13.0 Å². The van der Waals surface area contributed by atoms with Gasteiger partial charge in [-0.1, -0.05) is 48.8 Å². The molecule has 0 saturated carbocycles. The molecule has 4 amide bonds. The molecule has 7 N–H and O–H groups in total. The maximum atomic E-state index is 13.3. The van der Waals surface area contributed by atoms with E-state index < -0.39 is 11.8 Å². The van der Waals surface area contributed by atoms with Gasteiger partial charge in [-0.3, -0.25) is 24.6 Å². The summed E-state index contributed by atoms with van der Waals surface area (Å²) in [4.78, 5) is 52.3. The molecule has 1 aliphatic heterocycles. The van der Waals surface area contributed by atoms with Gasteiger partial charge in [0.1, 0.15) is 11.4 Å². The predicted molar refractivity (Wildman–Crippen MR) is 149 cm³/mol. The molecular formula is C27H31Cl2N6O4+. The van der Waals surface area contributed by atoms with Crippen molar-refractivity contribution in [3.05, 3.63) is 81.3 Å². The molecule has 10 nitrogen and oxygen atoms in total. The van der Waals surface area contributed by atoms with E-state index in [2.05, 4.69) is 22.5 Å². The third kappa shape index (κ3) is 7.58. The molecule has 3 rings (SSSR count). The van der Waals surface area contributed by atoms with Gasteiger partial charge in [0.25, 0.3) is 17.7 Å². The molecule has 2 aliphatic rings. The van der Waals surface area contributed by atoms with Gasteiger partial charge >= 0.3 is 0 Å². The average molecular weight is 574 g/mol. The quantitative estimate of drug-likeness (QED) is 0.231. The van der Waals surface area contributed by atoms with Crippen LogP contribution in [0.5, 0.6) is 0 Å². The lowest BCUT2D eigenvalue weighted by Gasteiger charge is -2.34. The molecule has 0 radical (unpaired) electrons. The second kappa shape index (κ2) is 13.3. The summed E-state index contributed by atoms with van der Waals surface area (Å²) in [6, 6.07) is 4.21. The number of carbonyl (C=O) groups is 4. The maximum absolute atomic E-state index is 13.3. The fourth-order valence-corrected chi connectivity index (χ4v) is 4.95. The average Bonchev–Trinajstić information content (AvgIpc) is 2.90. The van der Waals surface area contributed by atoms with Gasteiger partial charge in [0.05, 0.1) is 15.6 Å². The second-order valence-electron chi connectivity index (χ2n) is 9.27. The Labute approximate surface area is 236 Å². The van der Waals surface area contributed by atoms with Gasteiger partial charge in [-0.25, -0.2) is 0 Å². The Morgan fingerprint density at radius 1 is 1.21 bits per heavy atom. The van der Waals surface area contributed by atoms with Crippen LogP contribution in [0.4, 0.5) is 0 Å². The highest BCUT2D eigenvalue weighted by Crippen LogP contribution is 2.25. The van der Waals surface area contributed by atoms with Crippen LogP contribution in [-0.4, -0.2) is 53.9 Å². The first kappa shape index (κ1) is 29.7. The summed E-state index contributed by atoms with van der Waals surface area (Å²) in [7, 11) is 0. The molecule has 1 aliphatic carbocycles. The smallest absolute Gasteiger partial charge is 0.269 e. The van der Waals surface area contributed by atoms with Gasteiger partial charge < -0.3 is 26.6 Å². The Kier molecular flexibility index (Phi) is 10.1. The zero-order valence-electron chi connectivity index (χ0n) is 21.4. The number of piperidine rings is 1. The van der Waals surface area contributed by atoms with Crippen molar-refractivity contribution >= 4 is 53.0 Å². The van der Waals surface area contributed by atoms with Gasteiger partial charge in [-0.2, -0.15) is 0 Å². The molecule has 206 valence electrons. The Balaban J connectivity index is 1.68. The topological polar surface area (TPSA) is 159 Å². The van der Waals surface area contributed by atoms with Crippen molar-refractivity contribution in [3.63, 3.8) is 0 Å². The molecule has 1 aromatic rings. The standard InChI is InChI=1S/C27H30Cl2N6O4/c1-3-22(36)32-18-11-15(2)10-16(12-18)27(39)35-9-5-6-17(14-35)33-26(38)24(31)21(13-30)34-25(37)23-19(28)7-4-8-20(23)29/h3-4,7-8,10,12-13,15,17,30H,1,5-6,9,11,14,31H2,2H3,(H,32,36)(H,33,38)(H,34,37)/p+1/b24-21+,30-13?/t15?,17-/m1/s1. The molecule has 1 aromatic carbocycles. The highest BCUT2D eigenvalue weighted by atomic mass is 35.5. The lowest BCUT2D eigenvalue weighted by atomic mass is 9.93. The van der Waals surface area contributed by atoms with E-state index in [9.17, 15) is 19.2 Å². The predicted octanol–water partition coefficient (Wildman–Crippen LogP) is 0.983. The Morgan fingerprint density at radius 2 is 1.90 bits per heavy atom. The zero-order chi connectivity index (χ0) is 28.7. The molecule has 1 saturated heterocycles. The monoisotopic (exact) mass is 573 g/mol. The van der Waals surface area contributed by atoms with E-state index in [4.69, 9.17) is 34.3 Å². The number of hydrogen-bond donors (Lipinski definition) is 5. The van der Waals surface area contributed by atoms with Crippen LogP contribution >= 0.6 is 23.2 Å². The first-order chi connectivity index (χ1) is 18.5. The Hall–Kier alpha value is -3.89. The van der Waals surface area contributed by atoms with Gasteiger partial charge in [0.2, 0.25) is 5.91 Å². The van der Waals surface area contributed by atoms with Crippen LogP contribution in [0.25, 0.3) is 0 Å². The molecule has 0 spiro atoms. The number of hydrogen-bond acceptors (Lipinski definition) is 5. The molecule has 12 heteroatoms. The highest BCUT2D eigenvalue weighted by molar-refractivity contribution is 6.39. The van der Waals surface area contributed by atoms with Gasteiger partial charge in [-0.15, -0.1) is 0 Å². The van der Waals surface area contributed by atoms with Crippen molar-refractivity contribution in [2.45, 2.75) is 32.2 Å². The molecule has 1 unspecified atom stereocenters. The Morgan fingerprint density at radius 3 is 2.54 bits per heavy atom. The summed E-state index contributed by atoms with van der Waals surface area (Å²) in [6.45, 7) is 6.18. The third-order valence-electron chi connectivity index (χ3n) is 6.24. The number of carbonyl (C=O) groups excluding carboxylic acids is 4. The van der Waals surface area contributed by atoms with E-state index in [1.54, 1.807) is 17.0 Å². The van der Waals surface area contributed by atoms with Crippen molar-refractivity contribution in [3.8, 4) is 0 Å². The van der Waals surface area contributed by atoms with Crippen LogP contribution in [0, 0.1) is 5.92 Å². The number of allylic oxidation sites excluding steroid dienone is 3. The Bertz CT molecular complexity index is 1280. The van der Waals surface area contributed by atoms with E-state index in [-0.39, 0.29) is 57.3 Å². The summed E-state index contributed by atoms with van der Waals surface area (Å²) >= 11 is 12.2. The van der Waals surface area contributed by atoms with E-state index in [1.165, 1.54) is 18.2 Å². The summed E-state index contributed by atoms with van der Waals surface area (Å²) in [5.74, 6) is -1.82. The first-order valence-electron chi connectivity index (χ1n) is 12.3. The molecule has 1 heterocycles. The number of halogens is 2. The number of nitrogens with two attached hydrogens (primary N) is 2. The number of likely N-dealkylation sites (tertiary alicyclic amines) is 1. The molecule has 0 aromatic heterocycles. The summed E-state index contributed by atoms with van der Waals surface area (Å²) in [5, 5.41) is 13.9. The molecule has 0 bridgehead atoms. The fraction of sp³-hybridized carbons (Fsp3) is 0.296. The fourth-order valence-electron chi connectivity index (χ4n) is 4.38. The van der Waals surface area contributed by atoms with E-state index in [0.29, 0.717) is 37.1 Å². The van der Waals surface area contributed by atoms with Crippen molar-refractivity contribution in [2.75, 3.05) is 13.1 Å². The summed E-state index contributed by atoms with van der Waals surface area (Å²) in [5.41, 5.74) is 6.73. The van der Waals surface area contributed by atoms with Crippen molar-refractivity contribution in [2.24, 2.45) is 11.7 Å². The van der Waals surface area contributed by atoms with Crippen LogP contribution in [-0.2, 0) is 14.4 Å². The SMILES string of the molecule is C=CC(=O)NC1=CC(C(=O)N2CCC[C@@H](NC(=O)/C(N)=C(/C=[NH2+])NC(=O)c3c(Cl)cccc3Cl)C2)=CC(C)C1. The van der Waals surface area contributed by atoms with Crippen LogP contribution in [0.2, 0.25) is 10.0 Å². The largest absolute Gasteiger partial charge is 0.392 e. The molecular weight excluding hydrogens is 543 g/mol. The van der Waals surface area contributed by atoms with Crippen molar-refractivity contribution in [1.82, 2.24) is 20.9 Å². The number of rotatable bonds is 8. The number of nitrogens with one attached hydrogen (secondary N) is 3. The lowest BCUT2D eigenvalue weighted by Crippen LogP contribution is -2.51. The number of nitrogens with zero attached hydrogens (tertiary/aromatic N) is 1. The summed E-state index contributed by atoms with van der Waals surface area (Å²) in [6.07, 6.45) is 7.59. The number of benzene rings is 1. The zero-order valence-corrected chi connectivity index (χ0v) is 22.9. The third-order valence-corrected chi connectivity index (χ3v) is 6.87. The minimum Gasteiger partial charge on any atom is -0.392 e. The first-order valence-corrected chi connectivity index (χ1v) is 13.1. The lowest BCUT2D eigenvalue weighted by molar-refractivity contribution is -0.129. The molecule has 1 fully saturated rings. The van der Waals surface area contributed by atoms with Crippen molar-refractivity contribution in [1.29, 1.82) is 0 Å². The van der Waals surface area contributed by atoms with Gasteiger partial charge in [0, 0.05) is 30.4 Å². The minimum atomic E-state index is -0.681. The van der Waals surface area contributed by atoms with Crippen molar-refractivity contribution < 1.29 is 24.6 Å². The van der Waals surface area contributed by atoms with Gasteiger partial charge in [0.15, 0.2) is 6.21 Å². The molecule has 2 atom stereocenters. The summed E-state index contributed by atoms with van der Waals surface area (Å²) < 4.78 is 0. The normalized spacial score (nSPS) is 19.5. The maximum Gasteiger partial charge on any atom is 0.269 e. The van der Waals surface area contributed by atoms with E-state index in [0.717, 1.165) is 6.21 Å². The highest BCUT2D eigenvalue weighted by Gasteiger charge is 2.29. The van der Waals surface area contributed by atoms with E-state index >= 15 is 0 Å². The van der Waals surface area contributed by atoms with Crippen LogP contribution in [0.1, 0.15) is 36.5 Å². The minimum absolute atomic E-state index is 0.0161. The van der Waals surface area contributed by atoms with Crippen LogP contribution in [0.15, 0.2) is 65.7 Å². The van der Waals surface area contributed by atoms with Crippen LogP contribution in [0.3, 0.4) is 0 Å². The second-order valence-corrected chi connectivity index (χ2v) is 10.1. The number of amides is 4.